The Morgan fingerprint density at radius 2 is 1.71 bits per heavy atom. The third kappa shape index (κ3) is 4.59. The van der Waals surface area contributed by atoms with E-state index >= 15 is 0 Å². The molecular weight excluding hydrogens is 386 g/mol. The minimum absolute atomic E-state index is 0.132. The minimum Gasteiger partial charge on any atom is -0.508 e. The number of phenols is 1. The van der Waals surface area contributed by atoms with Gasteiger partial charge in [-0.3, -0.25) is 4.79 Å². The lowest BCUT2D eigenvalue weighted by Crippen LogP contribution is -2.27. The van der Waals surface area contributed by atoms with Crippen LogP contribution in [0.2, 0.25) is 0 Å². The fourth-order valence-electron chi connectivity index (χ4n) is 3.59. The predicted molar refractivity (Wildman–Crippen MR) is 124 cm³/mol. The molecule has 4 aromatic rings. The van der Waals surface area contributed by atoms with Crippen LogP contribution in [-0.2, 0) is 0 Å². The van der Waals surface area contributed by atoms with E-state index in [0.29, 0.717) is 16.9 Å². The average Bonchev–Trinajstić information content (AvgIpc) is 2.82. The number of carbonyl (C=O) groups excluding carboxylic acids is 1. The van der Waals surface area contributed by atoms with E-state index in [1.807, 2.05) is 72.8 Å². The summed E-state index contributed by atoms with van der Waals surface area (Å²) >= 11 is 0. The van der Waals surface area contributed by atoms with Gasteiger partial charge in [0.1, 0.15) is 11.5 Å². The van der Waals surface area contributed by atoms with Gasteiger partial charge in [-0.15, -0.1) is 0 Å². The van der Waals surface area contributed by atoms with Crippen molar-refractivity contribution in [2.45, 2.75) is 6.04 Å². The normalized spacial score (nSPS) is 12.0. The molecule has 4 nitrogen and oxygen atoms in total. The largest absolute Gasteiger partial charge is 0.508 e. The molecule has 1 unspecified atom stereocenters. The molecule has 31 heavy (non-hydrogen) atoms. The van der Waals surface area contributed by atoms with Gasteiger partial charge in [-0.1, -0.05) is 78.9 Å². The quantitative estimate of drug-likeness (QED) is 0.427. The van der Waals surface area contributed by atoms with Crippen molar-refractivity contribution in [3.63, 3.8) is 0 Å². The minimum atomic E-state index is -0.537. The molecule has 0 bridgehead atoms. The van der Waals surface area contributed by atoms with E-state index in [1.165, 1.54) is 0 Å². The van der Waals surface area contributed by atoms with Crippen LogP contribution in [0.4, 0.5) is 0 Å². The van der Waals surface area contributed by atoms with Crippen molar-refractivity contribution in [1.82, 2.24) is 5.32 Å². The number of fused-ring (bicyclic) bond motifs is 1. The molecule has 0 aromatic heterocycles. The van der Waals surface area contributed by atoms with E-state index in [0.717, 1.165) is 16.3 Å². The Kier molecular flexibility index (Phi) is 5.99. The molecule has 2 N–H and O–H groups in total. The number of aromatic hydroxyl groups is 1. The number of phenolic OH excluding ortho intramolecular Hbond substituents is 1. The molecule has 1 amide bonds. The maximum Gasteiger partial charge on any atom is 0.252 e. The molecule has 0 fully saturated rings. The number of nitrogens with one attached hydrogen (secondary N) is 1. The van der Waals surface area contributed by atoms with Crippen molar-refractivity contribution >= 4 is 22.8 Å². The molecule has 4 heteroatoms. The fourth-order valence-corrected chi connectivity index (χ4v) is 3.59. The van der Waals surface area contributed by atoms with Gasteiger partial charge in [-0.25, -0.2) is 0 Å². The Balaban J connectivity index is 1.76. The van der Waals surface area contributed by atoms with Gasteiger partial charge in [0.05, 0.1) is 13.2 Å². The van der Waals surface area contributed by atoms with Gasteiger partial charge < -0.3 is 15.2 Å². The number of methoxy groups -OCH3 is 1. The summed E-state index contributed by atoms with van der Waals surface area (Å²) in [7, 11) is 1.57. The van der Waals surface area contributed by atoms with E-state index in [2.05, 4.69) is 5.32 Å². The Morgan fingerprint density at radius 3 is 2.52 bits per heavy atom. The van der Waals surface area contributed by atoms with Gasteiger partial charge in [0.2, 0.25) is 0 Å². The molecule has 0 saturated carbocycles. The lowest BCUT2D eigenvalue weighted by molar-refractivity contribution is 0.0944. The molecule has 0 spiro atoms. The van der Waals surface area contributed by atoms with Gasteiger partial charge in [0, 0.05) is 11.1 Å². The average molecular weight is 409 g/mol. The number of amides is 1. The van der Waals surface area contributed by atoms with Crippen LogP contribution >= 0.6 is 0 Å². The summed E-state index contributed by atoms with van der Waals surface area (Å²) in [6, 6.07) is 27.6. The molecule has 0 aliphatic carbocycles. The first-order valence-electron chi connectivity index (χ1n) is 10.0. The number of carbonyl (C=O) groups is 1. The van der Waals surface area contributed by atoms with E-state index in [-0.39, 0.29) is 11.7 Å². The maximum atomic E-state index is 13.1. The zero-order valence-electron chi connectivity index (χ0n) is 17.2. The van der Waals surface area contributed by atoms with Gasteiger partial charge in [-0.2, -0.15) is 0 Å². The number of ether oxygens (including phenoxy) is 1. The highest BCUT2D eigenvalue weighted by Gasteiger charge is 2.19. The Labute approximate surface area is 181 Å². The van der Waals surface area contributed by atoms with Crippen LogP contribution in [0.25, 0.3) is 16.8 Å². The van der Waals surface area contributed by atoms with Crippen molar-refractivity contribution < 1.29 is 14.6 Å². The molecular formula is C27H23NO3. The smallest absolute Gasteiger partial charge is 0.252 e. The van der Waals surface area contributed by atoms with Crippen molar-refractivity contribution in [3.05, 3.63) is 114 Å². The second-order valence-corrected chi connectivity index (χ2v) is 7.17. The lowest BCUT2D eigenvalue weighted by atomic mass is 9.96. The van der Waals surface area contributed by atoms with Crippen molar-refractivity contribution in [3.8, 4) is 11.5 Å². The number of rotatable bonds is 6. The molecule has 154 valence electrons. The summed E-state index contributed by atoms with van der Waals surface area (Å²) in [4.78, 5) is 13.1. The van der Waals surface area contributed by atoms with Gasteiger partial charge >= 0.3 is 0 Å². The monoisotopic (exact) mass is 409 g/mol. The fraction of sp³-hybridized carbons (Fsp3) is 0.0741. The first-order chi connectivity index (χ1) is 15.2. The molecule has 4 aromatic carbocycles. The first-order valence-corrected chi connectivity index (χ1v) is 10.0. The van der Waals surface area contributed by atoms with Crippen molar-refractivity contribution in [2.24, 2.45) is 0 Å². The number of hydrogen-bond acceptors (Lipinski definition) is 3. The van der Waals surface area contributed by atoms with Crippen LogP contribution in [0.15, 0.2) is 97.1 Å². The molecule has 1 atom stereocenters. The summed E-state index contributed by atoms with van der Waals surface area (Å²) in [5.41, 5.74) is 2.14. The highest BCUT2D eigenvalue weighted by atomic mass is 16.5. The van der Waals surface area contributed by atoms with E-state index in [4.69, 9.17) is 4.74 Å². The second-order valence-electron chi connectivity index (χ2n) is 7.17. The molecule has 0 heterocycles. The molecule has 0 aliphatic heterocycles. The summed E-state index contributed by atoms with van der Waals surface area (Å²) in [6.45, 7) is 0. The first kappa shape index (κ1) is 20.2. The number of benzene rings is 4. The number of hydrogen-bond donors (Lipinski definition) is 2. The maximum absolute atomic E-state index is 13.1. The van der Waals surface area contributed by atoms with Crippen LogP contribution < -0.4 is 10.1 Å². The molecule has 0 radical (unpaired) electrons. The summed E-state index contributed by atoms with van der Waals surface area (Å²) in [5, 5.41) is 15.7. The van der Waals surface area contributed by atoms with Gasteiger partial charge in [-0.05, 0) is 40.6 Å². The van der Waals surface area contributed by atoms with E-state index in [9.17, 15) is 9.90 Å². The van der Waals surface area contributed by atoms with Gasteiger partial charge in [0.15, 0.2) is 0 Å². The van der Waals surface area contributed by atoms with Crippen molar-refractivity contribution in [2.75, 3.05) is 7.11 Å². The highest BCUT2D eigenvalue weighted by Crippen LogP contribution is 2.33. The summed E-state index contributed by atoms with van der Waals surface area (Å²) < 4.78 is 5.24. The molecule has 0 saturated heterocycles. The Hall–Kier alpha value is -4.05. The van der Waals surface area contributed by atoms with Crippen LogP contribution in [0.5, 0.6) is 11.5 Å². The zero-order valence-corrected chi connectivity index (χ0v) is 17.2. The Bertz CT molecular complexity index is 1230. The SMILES string of the molecule is COc1cccc(C(=O)NC(/C=C/c2ccccc2)c2c(O)ccc3ccccc23)c1. The van der Waals surface area contributed by atoms with Crippen molar-refractivity contribution in [1.29, 1.82) is 0 Å². The topological polar surface area (TPSA) is 58.6 Å². The standard InChI is InChI=1S/C27H23NO3/c1-31-22-12-7-11-21(18-22)27(30)28-24(16-14-19-8-3-2-4-9-19)26-23-13-6-5-10-20(23)15-17-25(26)29/h2-18,24,29H,1H3,(H,28,30)/b16-14+. The zero-order chi connectivity index (χ0) is 21.6. The van der Waals surface area contributed by atoms with Crippen LogP contribution in [-0.4, -0.2) is 18.1 Å². The van der Waals surface area contributed by atoms with E-state index < -0.39 is 6.04 Å². The third-order valence-corrected chi connectivity index (χ3v) is 5.16. The molecule has 0 aliphatic rings. The molecule has 4 rings (SSSR count). The predicted octanol–water partition coefficient (Wildman–Crippen LogP) is 5.74. The summed E-state index contributed by atoms with van der Waals surface area (Å²) in [5.74, 6) is 0.485. The van der Waals surface area contributed by atoms with Crippen LogP contribution in [0, 0.1) is 0 Å². The van der Waals surface area contributed by atoms with Crippen LogP contribution in [0.1, 0.15) is 27.5 Å². The van der Waals surface area contributed by atoms with E-state index in [1.54, 1.807) is 37.4 Å². The lowest BCUT2D eigenvalue weighted by Gasteiger charge is -2.19. The Morgan fingerprint density at radius 1 is 0.935 bits per heavy atom. The van der Waals surface area contributed by atoms with Gasteiger partial charge in [0.25, 0.3) is 5.91 Å². The third-order valence-electron chi connectivity index (χ3n) is 5.16. The second kappa shape index (κ2) is 9.18. The van der Waals surface area contributed by atoms with Crippen LogP contribution in [0.3, 0.4) is 0 Å². The highest BCUT2D eigenvalue weighted by molar-refractivity contribution is 5.96. The summed E-state index contributed by atoms with van der Waals surface area (Å²) in [6.07, 6.45) is 3.84.